The molecule has 0 aliphatic heterocycles. The van der Waals surface area contributed by atoms with E-state index in [0.29, 0.717) is 12.2 Å². The maximum atomic E-state index is 12.0. The molecule has 0 aliphatic carbocycles. The normalized spacial score (nSPS) is 11.6. The van der Waals surface area contributed by atoms with Crippen molar-refractivity contribution in [3.8, 4) is 5.75 Å². The molecular formula is C16H20N4O2. The zero-order chi connectivity index (χ0) is 15.9. The van der Waals surface area contributed by atoms with Crippen molar-refractivity contribution in [2.45, 2.75) is 26.4 Å². The Hall–Kier alpha value is -2.63. The van der Waals surface area contributed by atoms with Crippen molar-refractivity contribution < 1.29 is 9.53 Å². The van der Waals surface area contributed by atoms with Gasteiger partial charge in [0.05, 0.1) is 31.6 Å². The Bertz CT molecular complexity index is 631. The smallest absolute Gasteiger partial charge is 0.315 e. The molecule has 6 nitrogen and oxygen atoms in total. The van der Waals surface area contributed by atoms with Crippen molar-refractivity contribution >= 4 is 6.03 Å². The van der Waals surface area contributed by atoms with Crippen molar-refractivity contribution in [3.05, 3.63) is 53.6 Å². The molecule has 1 aromatic carbocycles. The molecule has 1 atom stereocenters. The van der Waals surface area contributed by atoms with Crippen molar-refractivity contribution in [1.82, 2.24) is 20.6 Å². The number of carbonyl (C=O) groups excluding carboxylic acids is 1. The molecule has 0 aliphatic rings. The van der Waals surface area contributed by atoms with E-state index in [9.17, 15) is 4.79 Å². The molecule has 0 unspecified atom stereocenters. The monoisotopic (exact) mass is 300 g/mol. The van der Waals surface area contributed by atoms with E-state index < -0.39 is 0 Å². The van der Waals surface area contributed by atoms with Crippen molar-refractivity contribution in [2.24, 2.45) is 0 Å². The average molecular weight is 300 g/mol. The summed E-state index contributed by atoms with van der Waals surface area (Å²) in [6, 6.07) is 5.45. The van der Waals surface area contributed by atoms with Gasteiger partial charge in [0.15, 0.2) is 0 Å². The summed E-state index contributed by atoms with van der Waals surface area (Å²) in [7, 11) is 1.62. The number of amides is 2. The van der Waals surface area contributed by atoms with E-state index in [1.165, 1.54) is 0 Å². The summed E-state index contributed by atoms with van der Waals surface area (Å²) in [6.45, 7) is 4.25. The Morgan fingerprint density at radius 2 is 2.18 bits per heavy atom. The molecule has 0 radical (unpaired) electrons. The summed E-state index contributed by atoms with van der Waals surface area (Å²) in [6.07, 6.45) is 4.80. The predicted octanol–water partition coefficient (Wildman–Crippen LogP) is 2.35. The topological polar surface area (TPSA) is 76.1 Å². The zero-order valence-corrected chi connectivity index (χ0v) is 13.0. The average Bonchev–Trinajstić information content (AvgIpc) is 2.54. The summed E-state index contributed by atoms with van der Waals surface area (Å²) in [4.78, 5) is 20.0. The molecular weight excluding hydrogens is 280 g/mol. The summed E-state index contributed by atoms with van der Waals surface area (Å²) in [5, 5.41) is 5.65. The van der Waals surface area contributed by atoms with Crippen LogP contribution in [0.25, 0.3) is 0 Å². The van der Waals surface area contributed by atoms with Crippen LogP contribution >= 0.6 is 0 Å². The van der Waals surface area contributed by atoms with Crippen LogP contribution in [0.3, 0.4) is 0 Å². The van der Waals surface area contributed by atoms with Gasteiger partial charge in [-0.25, -0.2) is 4.79 Å². The third-order valence-corrected chi connectivity index (χ3v) is 3.25. The number of benzene rings is 1. The van der Waals surface area contributed by atoms with E-state index in [-0.39, 0.29) is 12.1 Å². The van der Waals surface area contributed by atoms with Crippen LogP contribution < -0.4 is 15.4 Å². The number of hydrogen-bond donors (Lipinski definition) is 2. The second-order valence-corrected chi connectivity index (χ2v) is 4.99. The molecule has 0 spiro atoms. The fourth-order valence-corrected chi connectivity index (χ4v) is 2.11. The number of nitrogens with one attached hydrogen (secondary N) is 2. The molecule has 2 rings (SSSR count). The lowest BCUT2D eigenvalue weighted by Gasteiger charge is -2.18. The summed E-state index contributed by atoms with van der Waals surface area (Å²) in [5.41, 5.74) is 2.76. The van der Waals surface area contributed by atoms with E-state index in [4.69, 9.17) is 4.74 Å². The number of ether oxygens (including phenoxy) is 1. The molecule has 2 amide bonds. The second-order valence-electron chi connectivity index (χ2n) is 4.99. The molecule has 2 aromatic rings. The van der Waals surface area contributed by atoms with Crippen LogP contribution in [0.1, 0.15) is 29.8 Å². The highest BCUT2D eigenvalue weighted by Crippen LogP contribution is 2.25. The zero-order valence-electron chi connectivity index (χ0n) is 13.0. The molecule has 0 bridgehead atoms. The molecule has 1 heterocycles. The van der Waals surface area contributed by atoms with Gasteiger partial charge in [0.1, 0.15) is 5.75 Å². The molecule has 1 aromatic heterocycles. The van der Waals surface area contributed by atoms with Gasteiger partial charge in [-0.2, -0.15) is 0 Å². The van der Waals surface area contributed by atoms with E-state index in [1.807, 2.05) is 32.0 Å². The Balaban J connectivity index is 1.95. The quantitative estimate of drug-likeness (QED) is 0.888. The Kier molecular flexibility index (Phi) is 5.30. The van der Waals surface area contributed by atoms with Crippen LogP contribution in [-0.2, 0) is 6.54 Å². The van der Waals surface area contributed by atoms with E-state index in [1.54, 1.807) is 25.7 Å². The highest BCUT2D eigenvalue weighted by Gasteiger charge is 2.14. The Labute approximate surface area is 129 Å². The third kappa shape index (κ3) is 4.18. The highest BCUT2D eigenvalue weighted by molar-refractivity contribution is 5.74. The van der Waals surface area contributed by atoms with Gasteiger partial charge < -0.3 is 15.4 Å². The minimum atomic E-state index is -0.262. The van der Waals surface area contributed by atoms with Gasteiger partial charge in [-0.05, 0) is 19.9 Å². The summed E-state index contributed by atoms with van der Waals surface area (Å²) < 4.78 is 5.34. The van der Waals surface area contributed by atoms with Gasteiger partial charge in [-0.15, -0.1) is 0 Å². The summed E-state index contributed by atoms with van der Waals surface area (Å²) >= 11 is 0. The number of hydrogen-bond acceptors (Lipinski definition) is 4. The standard InChI is InChI=1S/C16H20N4O2/c1-11-4-5-15(22-3)14(8-11)12(2)20-16(21)19-10-13-9-17-6-7-18-13/h4-9,12H,10H2,1-3H3,(H2,19,20,21)/t12-/m0/s1. The lowest BCUT2D eigenvalue weighted by molar-refractivity contribution is 0.237. The van der Waals surface area contributed by atoms with Gasteiger partial charge in [-0.3, -0.25) is 9.97 Å². The van der Waals surface area contributed by atoms with Crippen LogP contribution in [0.5, 0.6) is 5.75 Å². The molecule has 6 heteroatoms. The van der Waals surface area contributed by atoms with Crippen LogP contribution in [0.15, 0.2) is 36.8 Å². The minimum Gasteiger partial charge on any atom is -0.496 e. The van der Waals surface area contributed by atoms with Gasteiger partial charge in [0.2, 0.25) is 0 Å². The molecule has 22 heavy (non-hydrogen) atoms. The van der Waals surface area contributed by atoms with Crippen molar-refractivity contribution in [3.63, 3.8) is 0 Å². The lowest BCUT2D eigenvalue weighted by atomic mass is 10.0. The molecule has 2 N–H and O–H groups in total. The third-order valence-electron chi connectivity index (χ3n) is 3.25. The number of carbonyl (C=O) groups is 1. The lowest BCUT2D eigenvalue weighted by Crippen LogP contribution is -2.36. The Morgan fingerprint density at radius 1 is 1.36 bits per heavy atom. The Morgan fingerprint density at radius 3 is 2.86 bits per heavy atom. The number of urea groups is 1. The maximum absolute atomic E-state index is 12.0. The number of aryl methyl sites for hydroxylation is 1. The van der Waals surface area contributed by atoms with Crippen LogP contribution in [0.2, 0.25) is 0 Å². The number of rotatable bonds is 5. The van der Waals surface area contributed by atoms with Crippen LogP contribution in [0.4, 0.5) is 4.79 Å². The van der Waals surface area contributed by atoms with Gasteiger partial charge >= 0.3 is 6.03 Å². The van der Waals surface area contributed by atoms with E-state index >= 15 is 0 Å². The molecule has 116 valence electrons. The minimum absolute atomic E-state index is 0.170. The van der Waals surface area contributed by atoms with Crippen LogP contribution in [0, 0.1) is 6.92 Å². The van der Waals surface area contributed by atoms with Gasteiger partial charge in [-0.1, -0.05) is 17.7 Å². The predicted molar refractivity (Wildman–Crippen MR) is 83.5 cm³/mol. The van der Waals surface area contributed by atoms with Gasteiger partial charge in [0.25, 0.3) is 0 Å². The summed E-state index contributed by atoms with van der Waals surface area (Å²) in [5.74, 6) is 0.757. The first-order valence-electron chi connectivity index (χ1n) is 7.04. The maximum Gasteiger partial charge on any atom is 0.315 e. The van der Waals surface area contributed by atoms with Gasteiger partial charge in [0, 0.05) is 18.0 Å². The fourth-order valence-electron chi connectivity index (χ4n) is 2.11. The van der Waals surface area contributed by atoms with Crippen molar-refractivity contribution in [1.29, 1.82) is 0 Å². The molecule has 0 saturated carbocycles. The molecule has 0 fully saturated rings. The number of aromatic nitrogens is 2. The first kappa shape index (κ1) is 15.8. The van der Waals surface area contributed by atoms with E-state index in [0.717, 1.165) is 16.9 Å². The largest absolute Gasteiger partial charge is 0.496 e. The van der Waals surface area contributed by atoms with Crippen molar-refractivity contribution in [2.75, 3.05) is 7.11 Å². The first-order chi connectivity index (χ1) is 10.6. The van der Waals surface area contributed by atoms with Crippen LogP contribution in [-0.4, -0.2) is 23.1 Å². The molecule has 0 saturated heterocycles. The fraction of sp³-hybridized carbons (Fsp3) is 0.312. The highest BCUT2D eigenvalue weighted by atomic mass is 16.5. The second kappa shape index (κ2) is 7.40. The van der Waals surface area contributed by atoms with E-state index in [2.05, 4.69) is 20.6 Å². The SMILES string of the molecule is COc1ccc(C)cc1[C@H](C)NC(=O)NCc1cnccn1. The number of nitrogens with zero attached hydrogens (tertiary/aromatic N) is 2. The number of methoxy groups -OCH3 is 1. The first-order valence-corrected chi connectivity index (χ1v) is 7.04.